The van der Waals surface area contributed by atoms with Gasteiger partial charge >= 0.3 is 0 Å². The highest BCUT2D eigenvalue weighted by molar-refractivity contribution is 6.35. The Morgan fingerprint density at radius 3 is 2.71 bits per heavy atom. The molecule has 8 heteroatoms. The second kappa shape index (κ2) is 8.89. The Morgan fingerprint density at radius 1 is 1.29 bits per heavy atom. The summed E-state index contributed by atoms with van der Waals surface area (Å²) in [4.78, 5) is 8.51. The molecule has 24 heavy (non-hydrogen) atoms. The summed E-state index contributed by atoms with van der Waals surface area (Å²) in [6.07, 6.45) is 0.627. The van der Waals surface area contributed by atoms with Crippen molar-refractivity contribution in [3.8, 4) is 0 Å². The molecule has 2 aromatic rings. The predicted octanol–water partition coefficient (Wildman–Crippen LogP) is 3.41. The van der Waals surface area contributed by atoms with E-state index >= 15 is 0 Å². The van der Waals surface area contributed by atoms with Crippen LogP contribution in [0.1, 0.15) is 37.0 Å². The van der Waals surface area contributed by atoms with Crippen molar-refractivity contribution in [1.29, 1.82) is 0 Å². The van der Waals surface area contributed by atoms with E-state index < -0.39 is 0 Å². The monoisotopic (exact) mass is 369 g/mol. The molecule has 0 spiro atoms. The molecular formula is C16H21Cl2N5O. The third-order valence-corrected chi connectivity index (χ3v) is 3.90. The molecule has 0 amide bonds. The highest BCUT2D eigenvalue weighted by Crippen LogP contribution is 2.20. The Kier molecular flexibility index (Phi) is 6.87. The maximum Gasteiger partial charge on any atom is 0.228 e. The van der Waals surface area contributed by atoms with Crippen molar-refractivity contribution in [2.45, 2.75) is 32.7 Å². The van der Waals surface area contributed by atoms with Gasteiger partial charge in [-0.1, -0.05) is 48.3 Å². The third kappa shape index (κ3) is 5.39. The molecule has 0 aliphatic carbocycles. The van der Waals surface area contributed by atoms with Gasteiger partial charge in [-0.25, -0.2) is 0 Å². The van der Waals surface area contributed by atoms with Gasteiger partial charge in [0.05, 0.1) is 0 Å². The fourth-order valence-electron chi connectivity index (χ4n) is 1.96. The first kappa shape index (κ1) is 18.5. The first-order valence-electron chi connectivity index (χ1n) is 7.70. The maximum absolute atomic E-state index is 6.16. The number of hydrogen-bond donors (Lipinski definition) is 2. The Bertz CT molecular complexity index is 700. The molecule has 2 rings (SSSR count). The van der Waals surface area contributed by atoms with Gasteiger partial charge in [-0.15, -0.1) is 0 Å². The normalized spacial score (nSPS) is 11.8. The smallest absolute Gasteiger partial charge is 0.228 e. The van der Waals surface area contributed by atoms with Crippen molar-refractivity contribution < 1.29 is 4.52 Å². The number of benzene rings is 1. The van der Waals surface area contributed by atoms with E-state index in [1.54, 1.807) is 13.1 Å². The zero-order valence-corrected chi connectivity index (χ0v) is 15.4. The van der Waals surface area contributed by atoms with Crippen molar-refractivity contribution in [3.63, 3.8) is 0 Å². The van der Waals surface area contributed by atoms with Crippen LogP contribution in [0.5, 0.6) is 0 Å². The third-order valence-electron chi connectivity index (χ3n) is 3.32. The van der Waals surface area contributed by atoms with Gasteiger partial charge in [0, 0.05) is 42.5 Å². The zero-order valence-electron chi connectivity index (χ0n) is 13.9. The summed E-state index contributed by atoms with van der Waals surface area (Å²) in [5.41, 5.74) is 0.947. The number of hydrogen-bond acceptors (Lipinski definition) is 4. The Labute approximate surface area is 151 Å². The van der Waals surface area contributed by atoms with E-state index in [1.807, 2.05) is 26.0 Å². The van der Waals surface area contributed by atoms with E-state index in [1.165, 1.54) is 0 Å². The van der Waals surface area contributed by atoms with Crippen molar-refractivity contribution in [2.75, 3.05) is 13.6 Å². The molecule has 0 radical (unpaired) electrons. The van der Waals surface area contributed by atoms with Gasteiger partial charge in [0.25, 0.3) is 0 Å². The highest BCUT2D eigenvalue weighted by atomic mass is 35.5. The number of aliphatic imine (C=N–C) groups is 1. The molecule has 1 heterocycles. The molecule has 1 aromatic carbocycles. The molecule has 6 nitrogen and oxygen atoms in total. The summed E-state index contributed by atoms with van der Waals surface area (Å²) in [7, 11) is 1.71. The molecule has 0 unspecified atom stereocenters. The lowest BCUT2D eigenvalue weighted by Crippen LogP contribution is -2.37. The SMILES string of the molecule is CN=C(NCCc1nc(C(C)C)no1)NCc1ccc(Cl)cc1Cl. The molecule has 0 atom stereocenters. The number of guanidine groups is 1. The standard InChI is InChI=1S/C16H21Cl2N5O/c1-10(2)15-22-14(24-23-15)6-7-20-16(19-3)21-9-11-4-5-12(17)8-13(11)18/h4-5,8,10H,6-7,9H2,1-3H3,(H2,19,20,21). The van der Waals surface area contributed by atoms with Crippen LogP contribution in [0.3, 0.4) is 0 Å². The quantitative estimate of drug-likeness (QED) is 0.602. The zero-order chi connectivity index (χ0) is 17.5. The van der Waals surface area contributed by atoms with Gasteiger partial charge in [0.1, 0.15) is 0 Å². The number of aromatic nitrogens is 2. The average molecular weight is 370 g/mol. The van der Waals surface area contributed by atoms with Crippen LogP contribution < -0.4 is 10.6 Å². The summed E-state index contributed by atoms with van der Waals surface area (Å²) in [6, 6.07) is 5.41. The van der Waals surface area contributed by atoms with Gasteiger partial charge < -0.3 is 15.2 Å². The molecule has 130 valence electrons. The number of halogens is 2. The molecule has 0 saturated carbocycles. The van der Waals surface area contributed by atoms with E-state index in [-0.39, 0.29) is 5.92 Å². The van der Waals surface area contributed by atoms with Crippen LogP contribution in [0, 0.1) is 0 Å². The van der Waals surface area contributed by atoms with Crippen LogP contribution in [0.2, 0.25) is 10.0 Å². The predicted molar refractivity (Wildman–Crippen MR) is 96.8 cm³/mol. The first-order valence-corrected chi connectivity index (χ1v) is 8.46. The molecule has 0 aliphatic heterocycles. The maximum atomic E-state index is 6.16. The molecule has 2 N–H and O–H groups in total. The summed E-state index contributed by atoms with van der Waals surface area (Å²) >= 11 is 12.1. The van der Waals surface area contributed by atoms with Crippen molar-refractivity contribution >= 4 is 29.2 Å². The minimum absolute atomic E-state index is 0.258. The van der Waals surface area contributed by atoms with Gasteiger partial charge in [-0.05, 0) is 17.7 Å². The largest absolute Gasteiger partial charge is 0.356 e. The Balaban J connectivity index is 1.79. The van der Waals surface area contributed by atoms with Gasteiger partial charge in [-0.2, -0.15) is 4.98 Å². The Morgan fingerprint density at radius 2 is 2.08 bits per heavy atom. The lowest BCUT2D eigenvalue weighted by atomic mass is 10.2. The van der Waals surface area contributed by atoms with Crippen LogP contribution in [0.25, 0.3) is 0 Å². The van der Waals surface area contributed by atoms with E-state index in [4.69, 9.17) is 27.7 Å². The molecule has 0 saturated heterocycles. The molecule has 0 fully saturated rings. The van der Waals surface area contributed by atoms with Crippen LogP contribution in [-0.4, -0.2) is 29.7 Å². The fourth-order valence-corrected chi connectivity index (χ4v) is 2.43. The second-order valence-corrected chi connectivity index (χ2v) is 6.38. The fraction of sp³-hybridized carbons (Fsp3) is 0.438. The Hall–Kier alpha value is -1.79. The van der Waals surface area contributed by atoms with E-state index in [2.05, 4.69) is 25.8 Å². The molecule has 0 bridgehead atoms. The number of rotatable bonds is 6. The van der Waals surface area contributed by atoms with E-state index in [0.29, 0.717) is 41.4 Å². The lowest BCUT2D eigenvalue weighted by Gasteiger charge is -2.12. The highest BCUT2D eigenvalue weighted by Gasteiger charge is 2.09. The van der Waals surface area contributed by atoms with Gasteiger partial charge in [0.15, 0.2) is 11.8 Å². The van der Waals surface area contributed by atoms with E-state index in [0.717, 1.165) is 11.4 Å². The summed E-state index contributed by atoms with van der Waals surface area (Å²) in [5.74, 6) is 2.27. The average Bonchev–Trinajstić information content (AvgIpc) is 3.01. The summed E-state index contributed by atoms with van der Waals surface area (Å²) < 4.78 is 5.21. The molecular weight excluding hydrogens is 349 g/mol. The lowest BCUT2D eigenvalue weighted by molar-refractivity contribution is 0.371. The number of nitrogens with zero attached hydrogens (tertiary/aromatic N) is 3. The minimum atomic E-state index is 0.258. The van der Waals surface area contributed by atoms with Crippen molar-refractivity contribution in [2.24, 2.45) is 4.99 Å². The van der Waals surface area contributed by atoms with Gasteiger partial charge in [-0.3, -0.25) is 4.99 Å². The molecule has 1 aromatic heterocycles. The second-order valence-electron chi connectivity index (χ2n) is 5.54. The summed E-state index contributed by atoms with van der Waals surface area (Å²) in [5, 5.41) is 11.6. The number of nitrogens with one attached hydrogen (secondary N) is 2. The van der Waals surface area contributed by atoms with E-state index in [9.17, 15) is 0 Å². The molecule has 0 aliphatic rings. The first-order chi connectivity index (χ1) is 11.5. The van der Waals surface area contributed by atoms with Crippen LogP contribution in [0.15, 0.2) is 27.7 Å². The van der Waals surface area contributed by atoms with Crippen molar-refractivity contribution in [3.05, 3.63) is 45.5 Å². The summed E-state index contributed by atoms with van der Waals surface area (Å²) in [6.45, 7) is 5.24. The van der Waals surface area contributed by atoms with Crippen LogP contribution in [-0.2, 0) is 13.0 Å². The van der Waals surface area contributed by atoms with Crippen LogP contribution >= 0.6 is 23.2 Å². The van der Waals surface area contributed by atoms with Crippen LogP contribution in [0.4, 0.5) is 0 Å². The minimum Gasteiger partial charge on any atom is -0.356 e. The van der Waals surface area contributed by atoms with Gasteiger partial charge in [0.2, 0.25) is 5.89 Å². The van der Waals surface area contributed by atoms with Crippen molar-refractivity contribution in [1.82, 2.24) is 20.8 Å². The topological polar surface area (TPSA) is 75.3 Å².